The number of benzene rings is 3. The second kappa shape index (κ2) is 9.37. The number of rotatable bonds is 5. The molecule has 34 heavy (non-hydrogen) atoms. The summed E-state index contributed by atoms with van der Waals surface area (Å²) in [4.78, 5) is 18.3. The Hall–Kier alpha value is -2.94. The van der Waals surface area contributed by atoms with Crippen LogP contribution in [0, 0.1) is 3.57 Å². The summed E-state index contributed by atoms with van der Waals surface area (Å²) in [5, 5.41) is 5.55. The molecule has 0 spiro atoms. The van der Waals surface area contributed by atoms with Crippen molar-refractivity contribution in [1.82, 2.24) is 14.9 Å². The van der Waals surface area contributed by atoms with Gasteiger partial charge in [-0.25, -0.2) is 4.98 Å². The Bertz CT molecular complexity index is 1560. The zero-order valence-corrected chi connectivity index (χ0v) is 21.4. The topological polar surface area (TPSA) is 72.9 Å². The van der Waals surface area contributed by atoms with E-state index in [4.69, 9.17) is 22.3 Å². The Morgan fingerprint density at radius 2 is 1.88 bits per heavy atom. The predicted molar refractivity (Wildman–Crippen MR) is 147 cm³/mol. The molecule has 5 nitrogen and oxygen atoms in total. The quantitative estimate of drug-likeness (QED) is 0.249. The molecule has 0 saturated heterocycles. The van der Waals surface area contributed by atoms with E-state index in [1.807, 2.05) is 84.5 Å². The second-order valence-electron chi connectivity index (χ2n) is 8.24. The van der Waals surface area contributed by atoms with E-state index in [1.165, 1.54) is 0 Å². The molecular formula is C27H22ClIN4O. The summed E-state index contributed by atoms with van der Waals surface area (Å²) in [5.74, 6) is -0.146. The summed E-state index contributed by atoms with van der Waals surface area (Å²) in [6.45, 7) is 0.882. The van der Waals surface area contributed by atoms with Crippen LogP contribution in [0.5, 0.6) is 0 Å². The van der Waals surface area contributed by atoms with Gasteiger partial charge in [0.05, 0.1) is 16.8 Å². The molecule has 0 atom stereocenters. The number of nitrogens with zero attached hydrogens (tertiary/aromatic N) is 2. The Morgan fingerprint density at radius 1 is 1.06 bits per heavy atom. The number of pyridine rings is 1. The van der Waals surface area contributed by atoms with Gasteiger partial charge in [0, 0.05) is 56.8 Å². The molecule has 0 radical (unpaired) electrons. The minimum absolute atomic E-state index is 0.146. The van der Waals surface area contributed by atoms with Crippen LogP contribution in [-0.2, 0) is 20.1 Å². The van der Waals surface area contributed by atoms with Crippen LogP contribution in [0.2, 0.25) is 5.02 Å². The molecule has 2 aromatic heterocycles. The van der Waals surface area contributed by atoms with Crippen molar-refractivity contribution in [3.8, 4) is 11.3 Å². The Labute approximate surface area is 216 Å². The predicted octanol–water partition coefficient (Wildman–Crippen LogP) is 6.04. The van der Waals surface area contributed by atoms with Crippen LogP contribution in [-0.4, -0.2) is 15.5 Å². The Balaban J connectivity index is 1.59. The van der Waals surface area contributed by atoms with Gasteiger partial charge in [-0.1, -0.05) is 35.9 Å². The summed E-state index contributed by atoms with van der Waals surface area (Å²) >= 11 is 8.56. The van der Waals surface area contributed by atoms with Crippen LogP contribution in [0.1, 0.15) is 21.5 Å². The highest BCUT2D eigenvalue weighted by Gasteiger charge is 2.17. The molecule has 5 rings (SSSR count). The molecule has 1 amide bonds. The Morgan fingerprint density at radius 3 is 2.71 bits per heavy atom. The number of hydrogen-bond donors (Lipinski definition) is 2. The van der Waals surface area contributed by atoms with E-state index in [9.17, 15) is 4.79 Å². The first-order valence-corrected chi connectivity index (χ1v) is 12.3. The molecule has 170 valence electrons. The first-order chi connectivity index (χ1) is 16.4. The number of aromatic nitrogens is 2. The zero-order chi connectivity index (χ0) is 23.8. The number of hydrogen-bond acceptors (Lipinski definition) is 3. The highest BCUT2D eigenvalue weighted by atomic mass is 127. The summed E-state index contributed by atoms with van der Waals surface area (Å²) in [7, 11) is 1.99. The fourth-order valence-electron chi connectivity index (χ4n) is 4.24. The van der Waals surface area contributed by atoms with E-state index < -0.39 is 0 Å². The summed E-state index contributed by atoms with van der Waals surface area (Å²) in [6, 6.07) is 21.6. The van der Waals surface area contributed by atoms with Crippen molar-refractivity contribution in [3.05, 3.63) is 98.2 Å². The molecule has 3 N–H and O–H groups in total. The summed E-state index contributed by atoms with van der Waals surface area (Å²) < 4.78 is 3.09. The van der Waals surface area contributed by atoms with Crippen molar-refractivity contribution in [2.75, 3.05) is 0 Å². The lowest BCUT2D eigenvalue weighted by molar-refractivity contribution is 0.0952. The fourth-order valence-corrected chi connectivity index (χ4v) is 4.90. The van der Waals surface area contributed by atoms with Crippen molar-refractivity contribution in [1.29, 1.82) is 0 Å². The molecule has 0 aliphatic heterocycles. The van der Waals surface area contributed by atoms with Crippen LogP contribution >= 0.6 is 34.2 Å². The van der Waals surface area contributed by atoms with Crippen molar-refractivity contribution < 1.29 is 4.79 Å². The van der Waals surface area contributed by atoms with Crippen LogP contribution < -0.4 is 11.1 Å². The van der Waals surface area contributed by atoms with Gasteiger partial charge in [-0.05, 0) is 76.2 Å². The molecule has 0 aliphatic carbocycles. The number of fused-ring (bicyclic) bond motifs is 2. The van der Waals surface area contributed by atoms with Crippen LogP contribution in [0.25, 0.3) is 33.1 Å². The molecule has 5 aromatic rings. The van der Waals surface area contributed by atoms with E-state index in [2.05, 4.69) is 27.9 Å². The molecule has 0 unspecified atom stereocenters. The Kier molecular flexibility index (Phi) is 6.29. The molecule has 0 bridgehead atoms. The van der Waals surface area contributed by atoms with Gasteiger partial charge in [-0.3, -0.25) is 4.79 Å². The van der Waals surface area contributed by atoms with Gasteiger partial charge in [0.25, 0.3) is 5.91 Å². The fraction of sp³-hybridized carbons (Fsp3) is 0.111. The average molecular weight is 581 g/mol. The largest absolute Gasteiger partial charge is 0.350 e. The highest BCUT2D eigenvalue weighted by Crippen LogP contribution is 2.33. The normalized spacial score (nSPS) is 11.3. The number of carbonyl (C=O) groups excluding carboxylic acids is 1. The van der Waals surface area contributed by atoms with E-state index in [0.29, 0.717) is 23.7 Å². The van der Waals surface area contributed by atoms with Crippen LogP contribution in [0.3, 0.4) is 0 Å². The minimum Gasteiger partial charge on any atom is -0.350 e. The third kappa shape index (κ3) is 4.41. The standard InChI is InChI=1S/C27H22ClIN4O/c1-33-15-23(21-10-18(28)5-8-26(21)33)25-12-22(20-11-19(29)6-7-24(20)32-25)27(34)31-14-17-4-2-3-16(9-17)13-30/h2-12,15H,13-14,30H2,1H3,(H,31,34). The van der Waals surface area contributed by atoms with Crippen LogP contribution in [0.4, 0.5) is 0 Å². The van der Waals surface area contributed by atoms with Gasteiger partial charge in [-0.15, -0.1) is 0 Å². The monoisotopic (exact) mass is 580 g/mol. The van der Waals surface area contributed by atoms with Crippen molar-refractivity contribution in [2.45, 2.75) is 13.1 Å². The first kappa shape index (κ1) is 22.8. The van der Waals surface area contributed by atoms with Gasteiger partial charge < -0.3 is 15.6 Å². The lowest BCUT2D eigenvalue weighted by Gasteiger charge is -2.11. The van der Waals surface area contributed by atoms with Crippen molar-refractivity contribution >= 4 is 61.9 Å². The van der Waals surface area contributed by atoms with Gasteiger partial charge in [0.1, 0.15) is 0 Å². The number of halogens is 2. The lowest BCUT2D eigenvalue weighted by atomic mass is 10.0. The lowest BCUT2D eigenvalue weighted by Crippen LogP contribution is -2.23. The SMILES string of the molecule is Cn1cc(-c2cc(C(=O)NCc3cccc(CN)c3)c3cc(I)ccc3n2)c2cc(Cl)ccc21. The molecule has 3 aromatic carbocycles. The van der Waals surface area contributed by atoms with Crippen molar-refractivity contribution in [2.24, 2.45) is 12.8 Å². The maximum atomic E-state index is 13.4. The van der Waals surface area contributed by atoms with E-state index in [-0.39, 0.29) is 5.91 Å². The van der Waals surface area contributed by atoms with Gasteiger partial charge >= 0.3 is 0 Å². The van der Waals surface area contributed by atoms with Crippen LogP contribution in [0.15, 0.2) is 72.9 Å². The molecular weight excluding hydrogens is 559 g/mol. The molecule has 0 saturated carbocycles. The first-order valence-electron chi connectivity index (χ1n) is 10.8. The molecule has 2 heterocycles. The van der Waals surface area contributed by atoms with Gasteiger partial charge in [-0.2, -0.15) is 0 Å². The van der Waals surface area contributed by atoms with E-state index in [1.54, 1.807) is 0 Å². The molecule has 0 aliphatic rings. The maximum Gasteiger partial charge on any atom is 0.252 e. The number of nitrogens with one attached hydrogen (secondary N) is 1. The van der Waals surface area contributed by atoms with E-state index in [0.717, 1.165) is 47.8 Å². The summed E-state index contributed by atoms with van der Waals surface area (Å²) in [5.41, 5.74) is 11.9. The molecule has 0 fully saturated rings. The van der Waals surface area contributed by atoms with Gasteiger partial charge in [0.15, 0.2) is 0 Å². The highest BCUT2D eigenvalue weighted by molar-refractivity contribution is 14.1. The second-order valence-corrected chi connectivity index (χ2v) is 9.92. The van der Waals surface area contributed by atoms with Gasteiger partial charge in [0.2, 0.25) is 0 Å². The maximum absolute atomic E-state index is 13.4. The average Bonchev–Trinajstić information content (AvgIpc) is 3.17. The number of carbonyl (C=O) groups is 1. The number of aryl methyl sites for hydroxylation is 1. The third-order valence-electron chi connectivity index (χ3n) is 5.92. The van der Waals surface area contributed by atoms with E-state index >= 15 is 0 Å². The zero-order valence-electron chi connectivity index (χ0n) is 18.5. The minimum atomic E-state index is -0.146. The third-order valence-corrected chi connectivity index (χ3v) is 6.83. The number of amides is 1. The summed E-state index contributed by atoms with van der Waals surface area (Å²) in [6.07, 6.45) is 2.03. The van der Waals surface area contributed by atoms with Crippen molar-refractivity contribution in [3.63, 3.8) is 0 Å². The smallest absolute Gasteiger partial charge is 0.252 e. The number of nitrogens with two attached hydrogens (primary N) is 1. The molecule has 7 heteroatoms.